The summed E-state index contributed by atoms with van der Waals surface area (Å²) in [6.07, 6.45) is 3.48. The monoisotopic (exact) mass is 341 g/mol. The van der Waals surface area contributed by atoms with Crippen molar-refractivity contribution in [1.82, 2.24) is 14.5 Å². The van der Waals surface area contributed by atoms with Crippen LogP contribution in [0.5, 0.6) is 0 Å². The van der Waals surface area contributed by atoms with Gasteiger partial charge in [-0.2, -0.15) is 0 Å². The first-order chi connectivity index (χ1) is 12.1. The highest BCUT2D eigenvalue weighted by Crippen LogP contribution is 2.24. The first-order valence-corrected chi connectivity index (χ1v) is 8.36. The molecular weight excluding hydrogens is 322 g/mol. The molecule has 1 aliphatic rings. The summed E-state index contributed by atoms with van der Waals surface area (Å²) < 4.78 is 12.5. The average molecular weight is 341 g/mol. The number of fused-ring (bicyclic) bond motifs is 3. The van der Waals surface area contributed by atoms with E-state index >= 15 is 0 Å². The first kappa shape index (κ1) is 15.8. The van der Waals surface area contributed by atoms with Crippen LogP contribution in [-0.2, 0) is 16.1 Å². The summed E-state index contributed by atoms with van der Waals surface area (Å²) in [6, 6.07) is 7.36. The summed E-state index contributed by atoms with van der Waals surface area (Å²) in [7, 11) is 1.72. The van der Waals surface area contributed by atoms with Crippen LogP contribution < -0.4 is 5.56 Å². The highest BCUT2D eigenvalue weighted by atomic mass is 16.5. The zero-order valence-electron chi connectivity index (χ0n) is 14.0. The molecule has 4 rings (SSSR count). The fourth-order valence-corrected chi connectivity index (χ4v) is 3.19. The zero-order valence-corrected chi connectivity index (χ0v) is 14.0. The predicted molar refractivity (Wildman–Crippen MR) is 92.4 cm³/mol. The molecule has 0 saturated carbocycles. The van der Waals surface area contributed by atoms with E-state index in [-0.39, 0.29) is 29.7 Å². The fourth-order valence-electron chi connectivity index (χ4n) is 3.19. The zero-order chi connectivity index (χ0) is 17.4. The molecule has 25 heavy (non-hydrogen) atoms. The van der Waals surface area contributed by atoms with Crippen molar-refractivity contribution in [2.45, 2.75) is 25.5 Å². The number of hydrogen-bond acceptors (Lipinski definition) is 5. The smallest absolute Gasteiger partial charge is 0.297 e. The molecule has 0 bridgehead atoms. The number of furan rings is 1. The Morgan fingerprint density at radius 3 is 3.04 bits per heavy atom. The number of nitrogens with zero attached hydrogens (tertiary/aromatic N) is 3. The molecule has 3 heterocycles. The van der Waals surface area contributed by atoms with Crippen molar-refractivity contribution in [1.29, 1.82) is 0 Å². The summed E-state index contributed by atoms with van der Waals surface area (Å²) in [6.45, 7) is 1.22. The maximum absolute atomic E-state index is 12.6. The van der Waals surface area contributed by atoms with E-state index in [1.165, 1.54) is 10.9 Å². The van der Waals surface area contributed by atoms with E-state index in [0.717, 1.165) is 24.8 Å². The molecule has 1 aliphatic heterocycles. The third kappa shape index (κ3) is 2.91. The van der Waals surface area contributed by atoms with Gasteiger partial charge in [0.1, 0.15) is 17.6 Å². The normalized spacial score (nSPS) is 17.4. The molecule has 7 nitrogen and oxygen atoms in total. The highest BCUT2D eigenvalue weighted by molar-refractivity contribution is 6.01. The van der Waals surface area contributed by atoms with Gasteiger partial charge < -0.3 is 14.1 Å². The second kappa shape index (κ2) is 6.33. The lowest BCUT2D eigenvalue weighted by molar-refractivity contribution is -0.132. The van der Waals surface area contributed by atoms with Gasteiger partial charge >= 0.3 is 0 Å². The molecule has 130 valence electrons. The minimum absolute atomic E-state index is 0.0674. The van der Waals surface area contributed by atoms with Gasteiger partial charge in [-0.25, -0.2) is 4.98 Å². The maximum atomic E-state index is 12.6. The van der Waals surface area contributed by atoms with Gasteiger partial charge in [-0.05, 0) is 25.0 Å². The number of carbonyl (C=O) groups excluding carboxylic acids is 1. The topological polar surface area (TPSA) is 77.6 Å². The van der Waals surface area contributed by atoms with Crippen LogP contribution in [0.1, 0.15) is 12.8 Å². The van der Waals surface area contributed by atoms with Gasteiger partial charge in [-0.1, -0.05) is 12.1 Å². The van der Waals surface area contributed by atoms with Crippen molar-refractivity contribution >= 4 is 28.0 Å². The van der Waals surface area contributed by atoms with Crippen LogP contribution >= 0.6 is 0 Å². The van der Waals surface area contributed by atoms with Crippen molar-refractivity contribution in [3.8, 4) is 0 Å². The number of likely N-dealkylation sites (N-methyl/N-ethyl adjacent to an activating group) is 1. The molecule has 2 aromatic heterocycles. The van der Waals surface area contributed by atoms with Crippen LogP contribution in [-0.4, -0.2) is 46.7 Å². The second-order valence-corrected chi connectivity index (χ2v) is 6.36. The average Bonchev–Trinajstić information content (AvgIpc) is 3.25. The fraction of sp³-hybridized carbons (Fsp3) is 0.389. The number of benzene rings is 1. The van der Waals surface area contributed by atoms with Gasteiger partial charge in [0.25, 0.3) is 5.56 Å². The highest BCUT2D eigenvalue weighted by Gasteiger charge is 2.21. The molecular formula is C18H19N3O4. The number of carbonyl (C=O) groups is 1. The van der Waals surface area contributed by atoms with Crippen LogP contribution in [0.25, 0.3) is 22.1 Å². The molecule has 3 aromatic rings. The van der Waals surface area contributed by atoms with Gasteiger partial charge in [0.15, 0.2) is 0 Å². The summed E-state index contributed by atoms with van der Waals surface area (Å²) in [5.41, 5.74) is 0.969. The molecule has 0 spiro atoms. The number of aromatic nitrogens is 2. The van der Waals surface area contributed by atoms with Gasteiger partial charge in [-0.15, -0.1) is 0 Å². The van der Waals surface area contributed by atoms with Crippen LogP contribution in [0.15, 0.2) is 39.8 Å². The minimum Gasteiger partial charge on any atom is -0.448 e. The SMILES string of the molecule is CN(CC1CCCO1)C(=O)Cn1cnc2c(oc3ccccc32)c1=O. The van der Waals surface area contributed by atoms with Gasteiger partial charge in [0.2, 0.25) is 11.5 Å². The Balaban J connectivity index is 1.58. The van der Waals surface area contributed by atoms with Crippen LogP contribution in [0.4, 0.5) is 0 Å². The molecule has 1 fully saturated rings. The molecule has 1 atom stereocenters. The Labute approximate surface area is 143 Å². The Morgan fingerprint density at radius 1 is 1.40 bits per heavy atom. The number of hydrogen-bond donors (Lipinski definition) is 0. The molecule has 0 radical (unpaired) electrons. The third-order valence-corrected chi connectivity index (χ3v) is 4.58. The molecule has 0 aliphatic carbocycles. The van der Waals surface area contributed by atoms with Crippen molar-refractivity contribution in [3.63, 3.8) is 0 Å². The van der Waals surface area contributed by atoms with Crippen LogP contribution in [0, 0.1) is 0 Å². The molecule has 1 saturated heterocycles. The van der Waals surface area contributed by atoms with Crippen LogP contribution in [0.3, 0.4) is 0 Å². The largest absolute Gasteiger partial charge is 0.448 e. The maximum Gasteiger partial charge on any atom is 0.297 e. The van der Waals surface area contributed by atoms with Crippen molar-refractivity contribution in [3.05, 3.63) is 40.9 Å². The van der Waals surface area contributed by atoms with Crippen molar-refractivity contribution in [2.24, 2.45) is 0 Å². The molecule has 1 amide bonds. The summed E-state index contributed by atoms with van der Waals surface area (Å²) >= 11 is 0. The number of ether oxygens (including phenoxy) is 1. The number of amides is 1. The lowest BCUT2D eigenvalue weighted by Crippen LogP contribution is -2.38. The predicted octanol–water partition coefficient (Wildman–Crippen LogP) is 1.78. The second-order valence-electron chi connectivity index (χ2n) is 6.36. The molecule has 0 N–H and O–H groups in total. The Bertz CT molecular complexity index is 985. The number of rotatable bonds is 4. The standard InChI is InChI=1S/C18H19N3O4/c1-20(9-12-5-4-8-24-12)15(22)10-21-11-19-16-13-6-2-3-7-14(13)25-17(16)18(21)23/h2-3,6-7,11-12H,4-5,8-10H2,1H3. The Morgan fingerprint density at radius 2 is 2.24 bits per heavy atom. The van der Waals surface area contributed by atoms with Gasteiger partial charge in [-0.3, -0.25) is 14.2 Å². The van der Waals surface area contributed by atoms with E-state index in [2.05, 4.69) is 4.98 Å². The Hall–Kier alpha value is -2.67. The molecule has 1 unspecified atom stereocenters. The van der Waals surface area contributed by atoms with E-state index < -0.39 is 0 Å². The molecule has 1 aromatic carbocycles. The van der Waals surface area contributed by atoms with Gasteiger partial charge in [0, 0.05) is 25.6 Å². The quantitative estimate of drug-likeness (QED) is 0.723. The first-order valence-electron chi connectivity index (χ1n) is 8.36. The summed E-state index contributed by atoms with van der Waals surface area (Å²) in [4.78, 5) is 31.0. The summed E-state index contributed by atoms with van der Waals surface area (Å²) in [5.74, 6) is -0.158. The van der Waals surface area contributed by atoms with E-state index in [1.807, 2.05) is 18.2 Å². The summed E-state index contributed by atoms with van der Waals surface area (Å²) in [5, 5.41) is 0.795. The third-order valence-electron chi connectivity index (χ3n) is 4.58. The molecule has 7 heteroatoms. The number of para-hydroxylation sites is 1. The van der Waals surface area contributed by atoms with E-state index in [1.54, 1.807) is 18.0 Å². The van der Waals surface area contributed by atoms with E-state index in [9.17, 15) is 9.59 Å². The van der Waals surface area contributed by atoms with Crippen LogP contribution in [0.2, 0.25) is 0 Å². The van der Waals surface area contributed by atoms with E-state index in [4.69, 9.17) is 9.15 Å². The lowest BCUT2D eigenvalue weighted by atomic mass is 10.2. The van der Waals surface area contributed by atoms with Gasteiger partial charge in [0.05, 0.1) is 12.4 Å². The minimum atomic E-state index is -0.347. The van der Waals surface area contributed by atoms with Crippen molar-refractivity contribution < 1.29 is 13.9 Å². The lowest BCUT2D eigenvalue weighted by Gasteiger charge is -2.21. The van der Waals surface area contributed by atoms with Crippen molar-refractivity contribution in [2.75, 3.05) is 20.2 Å². The van der Waals surface area contributed by atoms with E-state index in [0.29, 0.717) is 17.6 Å². The Kier molecular flexibility index (Phi) is 4.01.